The van der Waals surface area contributed by atoms with E-state index < -0.39 is 37.2 Å². The largest absolute Gasteiger partial charge is 0.452 e. The van der Waals surface area contributed by atoms with Gasteiger partial charge in [0.2, 0.25) is 10.0 Å². The Balaban J connectivity index is 2.54. The lowest BCUT2D eigenvalue weighted by atomic mass is 10.3. The van der Waals surface area contributed by atoms with Crippen LogP contribution in [0.5, 0.6) is 11.5 Å². The molecule has 24 heavy (non-hydrogen) atoms. The summed E-state index contributed by atoms with van der Waals surface area (Å²) >= 11 is 0. The maximum absolute atomic E-state index is 13.7. The first-order valence-corrected chi connectivity index (χ1v) is 10.2. The molecule has 2 aromatic carbocycles. The summed E-state index contributed by atoms with van der Waals surface area (Å²) in [5, 5.41) is 0. The number of benzene rings is 2. The molecule has 0 amide bonds. The van der Waals surface area contributed by atoms with E-state index in [1.54, 1.807) is 0 Å². The van der Waals surface area contributed by atoms with Crippen LogP contribution in [-0.2, 0) is 19.9 Å². The van der Waals surface area contributed by atoms with E-state index in [0.29, 0.717) is 6.07 Å². The molecular weight excluding hydrogens is 364 g/mol. The first-order chi connectivity index (χ1) is 11.0. The number of hydrogen-bond donors (Lipinski definition) is 1. The van der Waals surface area contributed by atoms with E-state index >= 15 is 0 Å². The zero-order chi connectivity index (χ0) is 18.1. The van der Waals surface area contributed by atoms with E-state index in [4.69, 9.17) is 4.74 Å². The number of ether oxygens (including phenoxy) is 1. The Bertz CT molecular complexity index is 988. The van der Waals surface area contributed by atoms with Gasteiger partial charge in [-0.05, 0) is 24.3 Å². The fraction of sp³-hybridized carbons (Fsp3) is 0.143. The summed E-state index contributed by atoms with van der Waals surface area (Å²) in [4.78, 5) is -0.154. The summed E-state index contributed by atoms with van der Waals surface area (Å²) in [6.07, 6.45) is 1.84. The molecule has 0 spiro atoms. The first kappa shape index (κ1) is 18.1. The maximum Gasteiger partial charge on any atom is 0.229 e. The van der Waals surface area contributed by atoms with Gasteiger partial charge in [0.15, 0.2) is 27.2 Å². The molecule has 0 aliphatic heterocycles. The second-order valence-electron chi connectivity index (χ2n) is 4.98. The third-order valence-electron chi connectivity index (χ3n) is 2.79. The number of hydrogen-bond acceptors (Lipinski definition) is 5. The van der Waals surface area contributed by atoms with Crippen molar-refractivity contribution in [2.24, 2.45) is 0 Å². The predicted molar refractivity (Wildman–Crippen MR) is 84.5 cm³/mol. The van der Waals surface area contributed by atoms with Gasteiger partial charge in [-0.3, -0.25) is 4.72 Å². The van der Waals surface area contributed by atoms with E-state index in [1.807, 2.05) is 0 Å². The van der Waals surface area contributed by atoms with E-state index in [-0.39, 0.29) is 16.3 Å². The number of sulfonamides is 1. The average Bonchev–Trinajstić information content (AvgIpc) is 2.40. The second kappa shape index (κ2) is 6.36. The van der Waals surface area contributed by atoms with Gasteiger partial charge >= 0.3 is 0 Å². The van der Waals surface area contributed by atoms with Crippen molar-refractivity contribution in [1.82, 2.24) is 0 Å². The molecule has 0 heterocycles. The Hall–Kier alpha value is -2.20. The molecule has 0 unspecified atom stereocenters. The molecule has 0 aromatic heterocycles. The van der Waals surface area contributed by atoms with Gasteiger partial charge < -0.3 is 4.74 Å². The lowest BCUT2D eigenvalue weighted by molar-refractivity contribution is 0.438. The molecule has 0 fully saturated rings. The van der Waals surface area contributed by atoms with Gasteiger partial charge in [0.25, 0.3) is 0 Å². The standard InChI is InChI=1S/C14H13F2NO5S2/c1-23(18,19)10-4-5-12(17-24(2,20)21)14(8-10)22-13-6-3-9(15)7-11(13)16/h3-8,17H,1-2H3. The minimum atomic E-state index is -3.69. The zero-order valence-corrected chi connectivity index (χ0v) is 14.2. The first-order valence-electron chi connectivity index (χ1n) is 6.40. The molecule has 1 N–H and O–H groups in total. The van der Waals surface area contributed by atoms with Crippen molar-refractivity contribution in [2.45, 2.75) is 4.90 Å². The maximum atomic E-state index is 13.7. The molecule has 0 radical (unpaired) electrons. The third-order valence-corrected chi connectivity index (χ3v) is 4.49. The molecule has 0 saturated carbocycles. The number of rotatable bonds is 5. The van der Waals surface area contributed by atoms with Crippen LogP contribution in [0.2, 0.25) is 0 Å². The summed E-state index contributed by atoms with van der Waals surface area (Å²) in [6, 6.07) is 5.93. The topological polar surface area (TPSA) is 89.5 Å². The number of nitrogens with one attached hydrogen (secondary N) is 1. The van der Waals surface area contributed by atoms with Gasteiger partial charge in [0.1, 0.15) is 5.82 Å². The number of halogens is 2. The highest BCUT2D eigenvalue weighted by Gasteiger charge is 2.16. The number of sulfone groups is 1. The Morgan fingerprint density at radius 2 is 1.58 bits per heavy atom. The highest BCUT2D eigenvalue weighted by atomic mass is 32.2. The van der Waals surface area contributed by atoms with E-state index in [2.05, 4.69) is 4.72 Å². The van der Waals surface area contributed by atoms with E-state index in [0.717, 1.165) is 30.7 Å². The van der Waals surface area contributed by atoms with Crippen LogP contribution in [0, 0.1) is 11.6 Å². The minimum Gasteiger partial charge on any atom is -0.452 e. The highest BCUT2D eigenvalue weighted by molar-refractivity contribution is 7.92. The molecule has 0 aliphatic rings. The molecule has 6 nitrogen and oxygen atoms in total. The second-order valence-corrected chi connectivity index (χ2v) is 8.75. The quantitative estimate of drug-likeness (QED) is 0.865. The van der Waals surface area contributed by atoms with Gasteiger partial charge in [0.05, 0.1) is 16.8 Å². The van der Waals surface area contributed by atoms with Gasteiger partial charge in [-0.25, -0.2) is 25.6 Å². The molecule has 2 aromatic rings. The Labute approximate surface area is 138 Å². The van der Waals surface area contributed by atoms with Crippen molar-refractivity contribution in [1.29, 1.82) is 0 Å². The fourth-order valence-corrected chi connectivity index (χ4v) is 2.98. The van der Waals surface area contributed by atoms with Crippen LogP contribution in [0.4, 0.5) is 14.5 Å². The van der Waals surface area contributed by atoms with Crippen LogP contribution < -0.4 is 9.46 Å². The summed E-state index contributed by atoms with van der Waals surface area (Å²) in [5.74, 6) is -2.48. The highest BCUT2D eigenvalue weighted by Crippen LogP contribution is 2.33. The summed E-state index contributed by atoms with van der Waals surface area (Å²) in [7, 11) is -7.30. The average molecular weight is 377 g/mol. The third kappa shape index (κ3) is 4.65. The molecule has 2 rings (SSSR count). The zero-order valence-electron chi connectivity index (χ0n) is 12.6. The van der Waals surface area contributed by atoms with Crippen LogP contribution in [0.3, 0.4) is 0 Å². The lowest BCUT2D eigenvalue weighted by Gasteiger charge is -2.13. The van der Waals surface area contributed by atoms with Gasteiger partial charge in [-0.2, -0.15) is 0 Å². The molecule has 130 valence electrons. The lowest BCUT2D eigenvalue weighted by Crippen LogP contribution is -2.11. The van der Waals surface area contributed by atoms with Crippen LogP contribution in [-0.4, -0.2) is 29.3 Å². The van der Waals surface area contributed by atoms with Crippen molar-refractivity contribution in [3.8, 4) is 11.5 Å². The van der Waals surface area contributed by atoms with Crippen molar-refractivity contribution in [3.63, 3.8) is 0 Å². The van der Waals surface area contributed by atoms with Crippen LogP contribution in [0.25, 0.3) is 0 Å². The Morgan fingerprint density at radius 3 is 2.12 bits per heavy atom. The Kier molecular flexibility index (Phi) is 4.81. The molecule has 0 atom stereocenters. The van der Waals surface area contributed by atoms with Crippen molar-refractivity contribution < 1.29 is 30.4 Å². The smallest absolute Gasteiger partial charge is 0.229 e. The van der Waals surface area contributed by atoms with Gasteiger partial charge in [0, 0.05) is 18.4 Å². The minimum absolute atomic E-state index is 0.0892. The normalized spacial score (nSPS) is 12.0. The van der Waals surface area contributed by atoms with Gasteiger partial charge in [-0.15, -0.1) is 0 Å². The molecular formula is C14H13F2NO5S2. The SMILES string of the molecule is CS(=O)(=O)Nc1ccc(S(C)(=O)=O)cc1Oc1ccc(F)cc1F. The van der Waals surface area contributed by atoms with Crippen molar-refractivity contribution >= 4 is 25.5 Å². The van der Waals surface area contributed by atoms with Crippen LogP contribution in [0.15, 0.2) is 41.3 Å². The molecule has 10 heteroatoms. The monoisotopic (exact) mass is 377 g/mol. The van der Waals surface area contributed by atoms with Crippen molar-refractivity contribution in [3.05, 3.63) is 48.0 Å². The van der Waals surface area contributed by atoms with Crippen molar-refractivity contribution in [2.75, 3.05) is 17.2 Å². The summed E-state index contributed by atoms with van der Waals surface area (Å²) in [5.41, 5.74) is -0.0892. The van der Waals surface area contributed by atoms with Crippen LogP contribution >= 0.6 is 0 Å². The number of anilines is 1. The van der Waals surface area contributed by atoms with E-state index in [1.165, 1.54) is 12.1 Å². The molecule has 0 bridgehead atoms. The summed E-state index contributed by atoms with van der Waals surface area (Å²) < 4.78 is 80.1. The summed E-state index contributed by atoms with van der Waals surface area (Å²) in [6.45, 7) is 0. The predicted octanol–water partition coefficient (Wildman–Crippen LogP) is 2.53. The fourth-order valence-electron chi connectivity index (χ4n) is 1.78. The van der Waals surface area contributed by atoms with E-state index in [9.17, 15) is 25.6 Å². The van der Waals surface area contributed by atoms with Gasteiger partial charge in [-0.1, -0.05) is 0 Å². The molecule has 0 aliphatic carbocycles. The Morgan fingerprint density at radius 1 is 0.917 bits per heavy atom. The van der Waals surface area contributed by atoms with Crippen LogP contribution in [0.1, 0.15) is 0 Å². The molecule has 0 saturated heterocycles.